The first kappa shape index (κ1) is 18.1. The number of carbonyl (C=O) groups excluding carboxylic acids is 1. The van der Waals surface area contributed by atoms with Gasteiger partial charge < -0.3 is 4.74 Å². The summed E-state index contributed by atoms with van der Waals surface area (Å²) >= 11 is 5.82. The molecule has 0 bridgehead atoms. The van der Waals surface area contributed by atoms with Gasteiger partial charge in [0.2, 0.25) is 0 Å². The molecule has 1 amide bonds. The van der Waals surface area contributed by atoms with Crippen molar-refractivity contribution in [2.45, 2.75) is 32.8 Å². The van der Waals surface area contributed by atoms with Crippen LogP contribution in [0.3, 0.4) is 0 Å². The monoisotopic (exact) mass is 343 g/mol. The molecule has 4 heteroatoms. The third kappa shape index (κ3) is 5.74. The highest BCUT2D eigenvalue weighted by Crippen LogP contribution is 2.22. The predicted molar refractivity (Wildman–Crippen MR) is 98.9 cm³/mol. The molecule has 0 aliphatic rings. The molecule has 1 N–H and O–H groups in total. The molecule has 0 radical (unpaired) electrons. The number of ether oxygens (including phenoxy) is 1. The second-order valence-corrected chi connectivity index (χ2v) is 6.99. The third-order valence-electron chi connectivity index (χ3n) is 3.54. The van der Waals surface area contributed by atoms with Crippen LogP contribution in [-0.2, 0) is 16.8 Å². The molecule has 0 heterocycles. The molecule has 2 aromatic carbocycles. The number of amides is 1. The Morgan fingerprint density at radius 2 is 1.71 bits per heavy atom. The molecule has 0 atom stereocenters. The van der Waals surface area contributed by atoms with Gasteiger partial charge in [-0.05, 0) is 40.3 Å². The van der Waals surface area contributed by atoms with Gasteiger partial charge in [0.05, 0.1) is 0 Å². The summed E-state index contributed by atoms with van der Waals surface area (Å²) < 4.78 is 5.19. The van der Waals surface area contributed by atoms with Gasteiger partial charge in [0.25, 0.3) is 0 Å². The Morgan fingerprint density at radius 3 is 2.29 bits per heavy atom. The van der Waals surface area contributed by atoms with Gasteiger partial charge >= 0.3 is 6.09 Å². The molecule has 0 spiro atoms. The van der Waals surface area contributed by atoms with Gasteiger partial charge in [0.1, 0.15) is 6.61 Å². The molecule has 0 fully saturated rings. The van der Waals surface area contributed by atoms with Gasteiger partial charge in [0.15, 0.2) is 0 Å². The second kappa shape index (κ2) is 8.02. The van der Waals surface area contributed by atoms with E-state index < -0.39 is 6.09 Å². The fourth-order valence-corrected chi connectivity index (χ4v) is 2.20. The van der Waals surface area contributed by atoms with E-state index in [4.69, 9.17) is 16.3 Å². The summed E-state index contributed by atoms with van der Waals surface area (Å²) in [5.41, 5.74) is 3.27. The lowest BCUT2D eigenvalue weighted by atomic mass is 9.87. The van der Waals surface area contributed by atoms with Crippen molar-refractivity contribution in [1.82, 2.24) is 5.32 Å². The zero-order valence-electron chi connectivity index (χ0n) is 14.2. The van der Waals surface area contributed by atoms with Crippen molar-refractivity contribution in [3.63, 3.8) is 0 Å². The molecule has 24 heavy (non-hydrogen) atoms. The van der Waals surface area contributed by atoms with Gasteiger partial charge in [-0.2, -0.15) is 0 Å². The number of benzene rings is 2. The fraction of sp³-hybridized carbons (Fsp3) is 0.250. The SMILES string of the molecule is CC(C)(C)c1ccc(COC(=O)NC=Cc2ccc(Cl)cc2)cc1. The van der Waals surface area contributed by atoms with E-state index in [1.54, 1.807) is 24.4 Å². The summed E-state index contributed by atoms with van der Waals surface area (Å²) in [7, 11) is 0. The number of halogens is 1. The molecule has 0 aliphatic carbocycles. The van der Waals surface area contributed by atoms with Gasteiger partial charge in [0, 0.05) is 11.2 Å². The largest absolute Gasteiger partial charge is 0.444 e. The Labute approximate surface area is 148 Å². The number of carbonyl (C=O) groups is 1. The van der Waals surface area contributed by atoms with E-state index in [1.807, 2.05) is 24.3 Å². The van der Waals surface area contributed by atoms with Crippen molar-refractivity contribution < 1.29 is 9.53 Å². The van der Waals surface area contributed by atoms with Crippen LogP contribution in [0.25, 0.3) is 6.08 Å². The smallest absolute Gasteiger partial charge is 0.411 e. The number of alkyl carbamates (subject to hydrolysis) is 1. The Hall–Kier alpha value is -2.26. The topological polar surface area (TPSA) is 38.3 Å². The van der Waals surface area contributed by atoms with E-state index in [2.05, 4.69) is 38.2 Å². The Kier molecular flexibility index (Phi) is 6.04. The number of nitrogens with one attached hydrogen (secondary N) is 1. The zero-order valence-corrected chi connectivity index (χ0v) is 14.9. The normalized spacial score (nSPS) is 11.5. The average Bonchev–Trinajstić information content (AvgIpc) is 2.54. The maximum absolute atomic E-state index is 11.7. The van der Waals surface area contributed by atoms with Crippen molar-refractivity contribution in [1.29, 1.82) is 0 Å². The lowest BCUT2D eigenvalue weighted by Crippen LogP contribution is -2.18. The summed E-state index contributed by atoms with van der Waals surface area (Å²) in [5.74, 6) is 0. The molecule has 0 saturated heterocycles. The van der Waals surface area contributed by atoms with Crippen LogP contribution in [0.2, 0.25) is 5.02 Å². The highest BCUT2D eigenvalue weighted by molar-refractivity contribution is 6.30. The molecule has 2 aromatic rings. The van der Waals surface area contributed by atoms with E-state index in [0.717, 1.165) is 11.1 Å². The second-order valence-electron chi connectivity index (χ2n) is 6.55. The third-order valence-corrected chi connectivity index (χ3v) is 3.79. The molecular weight excluding hydrogens is 322 g/mol. The van der Waals surface area contributed by atoms with E-state index in [1.165, 1.54) is 5.56 Å². The van der Waals surface area contributed by atoms with Crippen LogP contribution in [0, 0.1) is 0 Å². The maximum Gasteiger partial charge on any atom is 0.411 e. The predicted octanol–water partition coefficient (Wildman–Crippen LogP) is 5.53. The summed E-state index contributed by atoms with van der Waals surface area (Å²) in [6, 6.07) is 15.4. The van der Waals surface area contributed by atoms with Crippen molar-refractivity contribution in [3.8, 4) is 0 Å². The number of hydrogen-bond acceptors (Lipinski definition) is 2. The van der Waals surface area contributed by atoms with Crippen molar-refractivity contribution in [2.75, 3.05) is 0 Å². The van der Waals surface area contributed by atoms with Gasteiger partial charge in [-0.25, -0.2) is 4.79 Å². The Balaban J connectivity index is 1.79. The molecule has 0 saturated carbocycles. The van der Waals surface area contributed by atoms with Crippen LogP contribution in [-0.4, -0.2) is 6.09 Å². The summed E-state index contributed by atoms with van der Waals surface area (Å²) in [6.07, 6.45) is 2.84. The van der Waals surface area contributed by atoms with E-state index in [0.29, 0.717) is 5.02 Å². The van der Waals surface area contributed by atoms with Gasteiger partial charge in [-0.1, -0.05) is 68.8 Å². The van der Waals surface area contributed by atoms with E-state index >= 15 is 0 Å². The van der Waals surface area contributed by atoms with E-state index in [9.17, 15) is 4.79 Å². The molecule has 3 nitrogen and oxygen atoms in total. The van der Waals surface area contributed by atoms with Crippen molar-refractivity contribution in [3.05, 3.63) is 76.4 Å². The summed E-state index contributed by atoms with van der Waals surface area (Å²) in [4.78, 5) is 11.7. The highest BCUT2D eigenvalue weighted by atomic mass is 35.5. The van der Waals surface area contributed by atoms with Crippen LogP contribution in [0.15, 0.2) is 54.7 Å². The molecular formula is C20H22ClNO2. The van der Waals surface area contributed by atoms with Crippen LogP contribution >= 0.6 is 11.6 Å². The number of rotatable bonds is 4. The van der Waals surface area contributed by atoms with Gasteiger partial charge in [-0.3, -0.25) is 5.32 Å². The van der Waals surface area contributed by atoms with E-state index in [-0.39, 0.29) is 12.0 Å². The first-order valence-electron chi connectivity index (χ1n) is 7.79. The zero-order chi connectivity index (χ0) is 17.6. The molecule has 126 valence electrons. The average molecular weight is 344 g/mol. The lowest BCUT2D eigenvalue weighted by molar-refractivity contribution is 0.143. The standard InChI is InChI=1S/C20H22ClNO2/c1-20(2,3)17-8-4-16(5-9-17)14-24-19(23)22-13-12-15-6-10-18(21)11-7-15/h4-13H,14H2,1-3H3,(H,22,23). The first-order chi connectivity index (χ1) is 11.3. The van der Waals surface area contributed by atoms with Crippen molar-refractivity contribution in [2.24, 2.45) is 0 Å². The summed E-state index contributed by atoms with van der Waals surface area (Å²) in [5, 5.41) is 3.25. The minimum absolute atomic E-state index is 0.114. The minimum Gasteiger partial charge on any atom is -0.444 e. The van der Waals surface area contributed by atoms with Crippen LogP contribution in [0.1, 0.15) is 37.5 Å². The summed E-state index contributed by atoms with van der Waals surface area (Å²) in [6.45, 7) is 6.74. The van der Waals surface area contributed by atoms with Crippen molar-refractivity contribution >= 4 is 23.8 Å². The molecule has 0 unspecified atom stereocenters. The minimum atomic E-state index is -0.486. The van der Waals surface area contributed by atoms with Crippen LogP contribution in [0.4, 0.5) is 4.79 Å². The highest BCUT2D eigenvalue weighted by Gasteiger charge is 2.12. The first-order valence-corrected chi connectivity index (χ1v) is 8.17. The van der Waals surface area contributed by atoms with Crippen LogP contribution < -0.4 is 5.32 Å². The quantitative estimate of drug-likeness (QED) is 0.792. The molecule has 0 aromatic heterocycles. The molecule has 2 rings (SSSR count). The van der Waals surface area contributed by atoms with Crippen LogP contribution in [0.5, 0.6) is 0 Å². The molecule has 0 aliphatic heterocycles. The Morgan fingerprint density at radius 1 is 1.08 bits per heavy atom. The Bertz CT molecular complexity index is 698. The maximum atomic E-state index is 11.7. The lowest BCUT2D eigenvalue weighted by Gasteiger charge is -2.19. The number of hydrogen-bond donors (Lipinski definition) is 1. The fourth-order valence-electron chi connectivity index (χ4n) is 2.07. The van der Waals surface area contributed by atoms with Gasteiger partial charge in [-0.15, -0.1) is 0 Å².